The van der Waals surface area contributed by atoms with Crippen LogP contribution < -0.4 is 5.73 Å². The van der Waals surface area contributed by atoms with Crippen LogP contribution >= 0.6 is 0 Å². The summed E-state index contributed by atoms with van der Waals surface area (Å²) in [4.78, 5) is 11.0. The van der Waals surface area contributed by atoms with Gasteiger partial charge >= 0.3 is 5.97 Å². The molecule has 0 saturated heterocycles. The number of carboxylic acid groups (broad SMARTS) is 1. The molecule has 0 aromatic heterocycles. The second-order valence-electron chi connectivity index (χ2n) is 4.73. The van der Waals surface area contributed by atoms with Gasteiger partial charge in [0.1, 0.15) is 0 Å². The monoisotopic (exact) mass is 233 g/mol. The van der Waals surface area contributed by atoms with Crippen LogP contribution in [-0.4, -0.2) is 11.1 Å². The minimum absolute atomic E-state index is 0.139. The Bertz CT molecular complexity index is 436. The van der Waals surface area contributed by atoms with Gasteiger partial charge in [0.05, 0.1) is 6.42 Å². The molecule has 1 fully saturated rings. The molecule has 1 aliphatic rings. The van der Waals surface area contributed by atoms with Crippen LogP contribution in [0.2, 0.25) is 0 Å². The van der Waals surface area contributed by atoms with E-state index in [1.807, 2.05) is 0 Å². The molecule has 3 N–H and O–H groups in total. The summed E-state index contributed by atoms with van der Waals surface area (Å²) in [7, 11) is 0. The van der Waals surface area contributed by atoms with Crippen molar-refractivity contribution >= 4 is 5.97 Å². The van der Waals surface area contributed by atoms with Gasteiger partial charge in [-0.3, -0.25) is 4.79 Å². The summed E-state index contributed by atoms with van der Waals surface area (Å²) in [6.45, 7) is 2.59. The average Bonchev–Trinajstić information content (AvgIpc) is 3.12. The SMILES string of the molecule is CCc1cc(CN)cc(C2CC2)c1CC(=O)O. The molecule has 0 atom stereocenters. The Balaban J connectivity index is 2.47. The van der Waals surface area contributed by atoms with Crippen LogP contribution in [0.5, 0.6) is 0 Å². The highest BCUT2D eigenvalue weighted by atomic mass is 16.4. The normalized spacial score (nSPS) is 14.9. The fraction of sp³-hybridized carbons (Fsp3) is 0.500. The Morgan fingerprint density at radius 1 is 1.47 bits per heavy atom. The Hall–Kier alpha value is -1.35. The predicted molar refractivity (Wildman–Crippen MR) is 67.0 cm³/mol. The molecule has 1 saturated carbocycles. The molecule has 1 aliphatic carbocycles. The number of benzene rings is 1. The second-order valence-corrected chi connectivity index (χ2v) is 4.73. The highest BCUT2D eigenvalue weighted by Gasteiger charge is 2.28. The average molecular weight is 233 g/mol. The third-order valence-corrected chi connectivity index (χ3v) is 3.40. The Morgan fingerprint density at radius 3 is 2.65 bits per heavy atom. The lowest BCUT2D eigenvalue weighted by atomic mass is 9.91. The maximum atomic E-state index is 11.0. The van der Waals surface area contributed by atoms with Crippen LogP contribution in [0, 0.1) is 0 Å². The van der Waals surface area contributed by atoms with Crippen molar-refractivity contribution in [1.29, 1.82) is 0 Å². The first-order valence-electron chi connectivity index (χ1n) is 6.22. The molecular formula is C14H19NO2. The van der Waals surface area contributed by atoms with Gasteiger partial charge in [-0.05, 0) is 47.4 Å². The minimum atomic E-state index is -0.748. The van der Waals surface area contributed by atoms with Crippen molar-refractivity contribution in [2.75, 3.05) is 0 Å². The lowest BCUT2D eigenvalue weighted by Gasteiger charge is -2.14. The fourth-order valence-corrected chi connectivity index (χ4v) is 2.38. The lowest BCUT2D eigenvalue weighted by Crippen LogP contribution is -2.09. The van der Waals surface area contributed by atoms with E-state index in [1.54, 1.807) is 0 Å². The zero-order valence-corrected chi connectivity index (χ0v) is 10.2. The van der Waals surface area contributed by atoms with Crippen molar-refractivity contribution in [3.8, 4) is 0 Å². The first-order chi connectivity index (χ1) is 8.15. The van der Waals surface area contributed by atoms with Crippen LogP contribution in [0.1, 0.15) is 47.9 Å². The van der Waals surface area contributed by atoms with Crippen molar-refractivity contribution in [1.82, 2.24) is 0 Å². The molecule has 3 heteroatoms. The molecule has 0 radical (unpaired) electrons. The van der Waals surface area contributed by atoms with E-state index in [9.17, 15) is 4.79 Å². The first-order valence-corrected chi connectivity index (χ1v) is 6.22. The highest BCUT2D eigenvalue weighted by Crippen LogP contribution is 2.43. The first kappa shape index (κ1) is 12.1. The van der Waals surface area contributed by atoms with Gasteiger partial charge in [0.2, 0.25) is 0 Å². The zero-order chi connectivity index (χ0) is 12.4. The quantitative estimate of drug-likeness (QED) is 0.819. The van der Waals surface area contributed by atoms with Gasteiger partial charge in [-0.1, -0.05) is 19.1 Å². The number of rotatable bonds is 5. The van der Waals surface area contributed by atoms with Crippen molar-refractivity contribution in [2.45, 2.75) is 45.1 Å². The van der Waals surface area contributed by atoms with E-state index in [2.05, 4.69) is 19.1 Å². The lowest BCUT2D eigenvalue weighted by molar-refractivity contribution is -0.136. The van der Waals surface area contributed by atoms with E-state index in [0.717, 1.165) is 23.1 Å². The standard InChI is InChI=1S/C14H19NO2/c1-2-10-5-9(8-15)6-12(11-3-4-11)13(10)7-14(16)17/h5-6,11H,2-4,7-8,15H2,1H3,(H,16,17). The summed E-state index contributed by atoms with van der Waals surface area (Å²) < 4.78 is 0. The van der Waals surface area contributed by atoms with E-state index >= 15 is 0 Å². The van der Waals surface area contributed by atoms with E-state index in [1.165, 1.54) is 18.4 Å². The molecule has 0 heterocycles. The number of nitrogens with two attached hydrogens (primary N) is 1. The molecule has 0 spiro atoms. The van der Waals surface area contributed by atoms with E-state index in [-0.39, 0.29) is 6.42 Å². The van der Waals surface area contributed by atoms with Gasteiger partial charge < -0.3 is 10.8 Å². The zero-order valence-electron chi connectivity index (χ0n) is 10.2. The predicted octanol–water partition coefficient (Wildman–Crippen LogP) is 2.21. The molecular weight excluding hydrogens is 214 g/mol. The van der Waals surface area contributed by atoms with Crippen LogP contribution in [-0.2, 0) is 24.2 Å². The summed E-state index contributed by atoms with van der Waals surface area (Å²) in [5, 5.41) is 9.02. The van der Waals surface area contributed by atoms with Crippen LogP contribution in [0.3, 0.4) is 0 Å². The number of carboxylic acids is 1. The molecule has 0 aliphatic heterocycles. The van der Waals surface area contributed by atoms with E-state index in [0.29, 0.717) is 12.5 Å². The summed E-state index contributed by atoms with van der Waals surface area (Å²) in [6, 6.07) is 4.17. The van der Waals surface area contributed by atoms with E-state index < -0.39 is 5.97 Å². The van der Waals surface area contributed by atoms with Crippen LogP contribution in [0.25, 0.3) is 0 Å². The molecule has 92 valence electrons. The van der Waals surface area contributed by atoms with Crippen molar-refractivity contribution in [3.05, 3.63) is 34.4 Å². The molecule has 2 rings (SSSR count). The Kier molecular flexibility index (Phi) is 3.48. The molecule has 1 aromatic rings. The minimum Gasteiger partial charge on any atom is -0.481 e. The Morgan fingerprint density at radius 2 is 2.18 bits per heavy atom. The number of aliphatic carboxylic acids is 1. The number of hydrogen-bond acceptors (Lipinski definition) is 2. The summed E-state index contributed by atoms with van der Waals surface area (Å²) in [6.07, 6.45) is 3.38. The summed E-state index contributed by atoms with van der Waals surface area (Å²) >= 11 is 0. The van der Waals surface area contributed by atoms with Crippen LogP contribution in [0.15, 0.2) is 12.1 Å². The topological polar surface area (TPSA) is 63.3 Å². The molecule has 17 heavy (non-hydrogen) atoms. The van der Waals surface area contributed by atoms with Gasteiger partial charge in [0.25, 0.3) is 0 Å². The van der Waals surface area contributed by atoms with Crippen molar-refractivity contribution in [2.24, 2.45) is 5.73 Å². The summed E-state index contributed by atoms with van der Waals surface area (Å²) in [5.74, 6) is -0.178. The largest absolute Gasteiger partial charge is 0.481 e. The van der Waals surface area contributed by atoms with Crippen molar-refractivity contribution < 1.29 is 9.90 Å². The van der Waals surface area contributed by atoms with Gasteiger partial charge in [-0.15, -0.1) is 0 Å². The van der Waals surface area contributed by atoms with E-state index in [4.69, 9.17) is 10.8 Å². The van der Waals surface area contributed by atoms with Crippen LogP contribution in [0.4, 0.5) is 0 Å². The maximum absolute atomic E-state index is 11.0. The Labute approximate surface area is 102 Å². The van der Waals surface area contributed by atoms with Gasteiger partial charge in [0, 0.05) is 6.54 Å². The number of carbonyl (C=O) groups is 1. The molecule has 1 aromatic carbocycles. The number of hydrogen-bond donors (Lipinski definition) is 2. The summed E-state index contributed by atoms with van der Waals surface area (Å²) in [5.41, 5.74) is 10.2. The van der Waals surface area contributed by atoms with Gasteiger partial charge in [-0.2, -0.15) is 0 Å². The molecule has 0 amide bonds. The highest BCUT2D eigenvalue weighted by molar-refractivity contribution is 5.72. The number of aryl methyl sites for hydroxylation is 1. The van der Waals surface area contributed by atoms with Gasteiger partial charge in [0.15, 0.2) is 0 Å². The fourth-order valence-electron chi connectivity index (χ4n) is 2.38. The smallest absolute Gasteiger partial charge is 0.307 e. The van der Waals surface area contributed by atoms with Gasteiger partial charge in [-0.25, -0.2) is 0 Å². The third kappa shape index (κ3) is 2.67. The second kappa shape index (κ2) is 4.88. The molecule has 0 bridgehead atoms. The molecule has 3 nitrogen and oxygen atoms in total. The maximum Gasteiger partial charge on any atom is 0.307 e. The third-order valence-electron chi connectivity index (χ3n) is 3.40. The molecule has 0 unspecified atom stereocenters. The van der Waals surface area contributed by atoms with Crippen molar-refractivity contribution in [3.63, 3.8) is 0 Å².